The van der Waals surface area contributed by atoms with E-state index >= 15 is 0 Å². The molecule has 0 fully saturated rings. The minimum Gasteiger partial charge on any atom is -0.484 e. The highest BCUT2D eigenvalue weighted by molar-refractivity contribution is 6.30. The van der Waals surface area contributed by atoms with Crippen molar-refractivity contribution in [3.63, 3.8) is 0 Å². The molecule has 2 aromatic carbocycles. The molecule has 2 aromatic rings. The quantitative estimate of drug-likeness (QED) is 0.529. The van der Waals surface area contributed by atoms with Crippen molar-refractivity contribution in [2.24, 2.45) is 0 Å². The molecule has 0 heterocycles. The number of carbonyl (C=O) groups excluding carboxylic acids is 2. The monoisotopic (exact) mass is 430 g/mol. The van der Waals surface area contributed by atoms with Crippen molar-refractivity contribution in [3.05, 3.63) is 64.7 Å². The third kappa shape index (κ3) is 7.38. The van der Waals surface area contributed by atoms with E-state index < -0.39 is 6.04 Å². The van der Waals surface area contributed by atoms with Crippen LogP contribution in [0.4, 0.5) is 0 Å². The van der Waals surface area contributed by atoms with Crippen molar-refractivity contribution in [1.29, 1.82) is 0 Å². The first kappa shape index (κ1) is 23.7. The van der Waals surface area contributed by atoms with E-state index in [-0.39, 0.29) is 18.4 Å². The largest absolute Gasteiger partial charge is 0.484 e. The second-order valence-electron chi connectivity index (χ2n) is 7.25. The molecule has 2 amide bonds. The van der Waals surface area contributed by atoms with Crippen LogP contribution in [-0.2, 0) is 22.6 Å². The fraction of sp³-hybridized carbons (Fsp3) is 0.417. The van der Waals surface area contributed by atoms with Gasteiger partial charge in [-0.15, -0.1) is 0 Å². The molecule has 6 heteroatoms. The number of halogens is 1. The van der Waals surface area contributed by atoms with Gasteiger partial charge in [0.1, 0.15) is 11.8 Å². The summed E-state index contributed by atoms with van der Waals surface area (Å²) in [5.41, 5.74) is 2.10. The average molecular weight is 431 g/mol. The first-order chi connectivity index (χ1) is 14.4. The normalized spacial score (nSPS) is 11.6. The number of nitrogens with one attached hydrogen (secondary N) is 1. The van der Waals surface area contributed by atoms with Crippen molar-refractivity contribution < 1.29 is 14.3 Å². The molecule has 0 aliphatic heterocycles. The molecule has 0 bridgehead atoms. The summed E-state index contributed by atoms with van der Waals surface area (Å²) in [6.45, 7) is 6.66. The van der Waals surface area contributed by atoms with Gasteiger partial charge in [0, 0.05) is 18.1 Å². The summed E-state index contributed by atoms with van der Waals surface area (Å²) >= 11 is 5.97. The second kappa shape index (κ2) is 12.2. The number of ether oxygens (including phenoxy) is 1. The smallest absolute Gasteiger partial charge is 0.261 e. The standard InChI is InChI=1S/C24H31ClN2O3/c1-4-6-15-26-24(29)18(3)27(16-20-7-11-21(25)12-8-20)23(28)17-30-22-13-9-19(5-2)10-14-22/h7-14,18H,4-6,15-17H2,1-3H3,(H,26,29)/t18-/m0/s1. The Morgan fingerprint density at radius 3 is 2.27 bits per heavy atom. The zero-order valence-electron chi connectivity index (χ0n) is 18.0. The number of hydrogen-bond acceptors (Lipinski definition) is 3. The molecule has 0 saturated carbocycles. The van der Waals surface area contributed by atoms with E-state index in [2.05, 4.69) is 19.2 Å². The number of unbranched alkanes of at least 4 members (excludes halogenated alkanes) is 1. The van der Waals surface area contributed by atoms with E-state index in [4.69, 9.17) is 16.3 Å². The van der Waals surface area contributed by atoms with Crippen molar-refractivity contribution >= 4 is 23.4 Å². The summed E-state index contributed by atoms with van der Waals surface area (Å²) in [7, 11) is 0. The van der Waals surface area contributed by atoms with E-state index in [0.717, 1.165) is 24.8 Å². The first-order valence-electron chi connectivity index (χ1n) is 10.5. The lowest BCUT2D eigenvalue weighted by Gasteiger charge is -2.28. The van der Waals surface area contributed by atoms with Gasteiger partial charge in [0.05, 0.1) is 0 Å². The minimum atomic E-state index is -0.615. The van der Waals surface area contributed by atoms with Crippen LogP contribution in [0.5, 0.6) is 5.75 Å². The molecular formula is C24H31ClN2O3. The molecule has 0 aliphatic rings. The summed E-state index contributed by atoms with van der Waals surface area (Å²) in [6.07, 6.45) is 2.84. The van der Waals surface area contributed by atoms with Crippen molar-refractivity contribution in [3.8, 4) is 5.75 Å². The lowest BCUT2D eigenvalue weighted by Crippen LogP contribution is -2.49. The van der Waals surface area contributed by atoms with E-state index in [0.29, 0.717) is 23.9 Å². The molecule has 2 rings (SSSR count). The van der Waals surface area contributed by atoms with Crippen molar-refractivity contribution in [1.82, 2.24) is 10.2 Å². The molecule has 0 aromatic heterocycles. The van der Waals surface area contributed by atoms with Crippen LogP contribution in [0.2, 0.25) is 5.02 Å². The number of aryl methyl sites for hydroxylation is 1. The van der Waals surface area contributed by atoms with Crippen LogP contribution in [0.3, 0.4) is 0 Å². The van der Waals surface area contributed by atoms with Crippen molar-refractivity contribution in [2.45, 2.75) is 52.6 Å². The number of amides is 2. The minimum absolute atomic E-state index is 0.133. The van der Waals surface area contributed by atoms with E-state index in [1.807, 2.05) is 36.4 Å². The first-order valence-corrected chi connectivity index (χ1v) is 10.9. The Morgan fingerprint density at radius 2 is 1.67 bits per heavy atom. The molecule has 5 nitrogen and oxygen atoms in total. The molecule has 0 aliphatic carbocycles. The summed E-state index contributed by atoms with van der Waals surface area (Å²) in [4.78, 5) is 27.1. The van der Waals surface area contributed by atoms with Gasteiger partial charge in [0.25, 0.3) is 5.91 Å². The third-order valence-electron chi connectivity index (χ3n) is 4.96. The second-order valence-corrected chi connectivity index (χ2v) is 7.69. The Kier molecular flexibility index (Phi) is 9.68. The van der Waals surface area contributed by atoms with Gasteiger partial charge < -0.3 is 15.0 Å². The number of nitrogens with zero attached hydrogens (tertiary/aromatic N) is 1. The molecule has 1 N–H and O–H groups in total. The van der Waals surface area contributed by atoms with Crippen LogP contribution in [0.25, 0.3) is 0 Å². The molecular weight excluding hydrogens is 400 g/mol. The molecule has 0 radical (unpaired) electrons. The van der Waals surface area contributed by atoms with E-state index in [9.17, 15) is 9.59 Å². The maximum absolute atomic E-state index is 13.0. The fourth-order valence-electron chi connectivity index (χ4n) is 2.95. The highest BCUT2D eigenvalue weighted by atomic mass is 35.5. The zero-order valence-corrected chi connectivity index (χ0v) is 18.7. The predicted molar refractivity (Wildman–Crippen MR) is 121 cm³/mol. The third-order valence-corrected chi connectivity index (χ3v) is 5.21. The molecule has 162 valence electrons. The van der Waals surface area contributed by atoms with Gasteiger partial charge in [-0.25, -0.2) is 0 Å². The summed E-state index contributed by atoms with van der Waals surface area (Å²) in [6, 6.07) is 14.3. The molecule has 0 unspecified atom stereocenters. The summed E-state index contributed by atoms with van der Waals surface area (Å²) in [5, 5.41) is 3.53. The molecule has 30 heavy (non-hydrogen) atoms. The summed E-state index contributed by atoms with van der Waals surface area (Å²) in [5.74, 6) is 0.216. The number of carbonyl (C=O) groups is 2. The lowest BCUT2D eigenvalue weighted by molar-refractivity contribution is -0.142. The van der Waals surface area contributed by atoms with E-state index in [1.54, 1.807) is 24.0 Å². The molecule has 1 atom stereocenters. The van der Waals surface area contributed by atoms with Gasteiger partial charge in [-0.2, -0.15) is 0 Å². The Balaban J connectivity index is 2.08. The fourth-order valence-corrected chi connectivity index (χ4v) is 3.08. The van der Waals surface area contributed by atoms with Crippen LogP contribution in [0.15, 0.2) is 48.5 Å². The van der Waals surface area contributed by atoms with Crippen LogP contribution < -0.4 is 10.1 Å². The van der Waals surface area contributed by atoms with Gasteiger partial charge in [0.15, 0.2) is 6.61 Å². The molecule has 0 spiro atoms. The average Bonchev–Trinajstić information content (AvgIpc) is 2.77. The Labute approximate surface area is 184 Å². The number of hydrogen-bond donors (Lipinski definition) is 1. The predicted octanol–water partition coefficient (Wildman–Crippen LogP) is 4.61. The number of benzene rings is 2. The Hall–Kier alpha value is -2.53. The van der Waals surface area contributed by atoms with Gasteiger partial charge in [0.2, 0.25) is 5.91 Å². The molecule has 0 saturated heterocycles. The zero-order chi connectivity index (χ0) is 21.9. The maximum Gasteiger partial charge on any atom is 0.261 e. The van der Waals surface area contributed by atoms with Crippen molar-refractivity contribution in [2.75, 3.05) is 13.2 Å². The summed E-state index contributed by atoms with van der Waals surface area (Å²) < 4.78 is 5.69. The van der Waals surface area contributed by atoms with Crippen LogP contribution in [0, 0.1) is 0 Å². The van der Waals surface area contributed by atoms with Crippen LogP contribution in [0.1, 0.15) is 44.7 Å². The Morgan fingerprint density at radius 1 is 1.03 bits per heavy atom. The van der Waals surface area contributed by atoms with Crippen LogP contribution >= 0.6 is 11.6 Å². The van der Waals surface area contributed by atoms with Gasteiger partial charge in [-0.3, -0.25) is 9.59 Å². The lowest BCUT2D eigenvalue weighted by atomic mass is 10.1. The van der Waals surface area contributed by atoms with Gasteiger partial charge >= 0.3 is 0 Å². The van der Waals surface area contributed by atoms with E-state index in [1.165, 1.54) is 5.56 Å². The number of rotatable bonds is 11. The Bertz CT molecular complexity index is 806. The maximum atomic E-state index is 13.0. The SMILES string of the molecule is CCCCNC(=O)[C@H](C)N(Cc1ccc(Cl)cc1)C(=O)COc1ccc(CC)cc1. The topological polar surface area (TPSA) is 58.6 Å². The highest BCUT2D eigenvalue weighted by Gasteiger charge is 2.26. The van der Waals surface area contributed by atoms with Gasteiger partial charge in [-0.05, 0) is 55.2 Å². The highest BCUT2D eigenvalue weighted by Crippen LogP contribution is 2.16. The van der Waals surface area contributed by atoms with Crippen LogP contribution in [-0.4, -0.2) is 35.9 Å². The van der Waals surface area contributed by atoms with Gasteiger partial charge in [-0.1, -0.05) is 56.1 Å².